The average Bonchev–Trinajstić information content (AvgIpc) is 2.77. The van der Waals surface area contributed by atoms with Crippen LogP contribution < -0.4 is 5.73 Å². The van der Waals surface area contributed by atoms with E-state index in [1.165, 1.54) is 42.5 Å². The number of likely N-dealkylation sites (tertiary alicyclic amines) is 1. The van der Waals surface area contributed by atoms with E-state index in [9.17, 15) is 0 Å². The number of nitrogens with zero attached hydrogens (tertiary/aromatic N) is 3. The summed E-state index contributed by atoms with van der Waals surface area (Å²) >= 11 is 0. The van der Waals surface area contributed by atoms with Gasteiger partial charge in [-0.3, -0.25) is 9.58 Å². The van der Waals surface area contributed by atoms with Crippen molar-refractivity contribution in [2.45, 2.75) is 25.8 Å². The summed E-state index contributed by atoms with van der Waals surface area (Å²) in [7, 11) is 2.03. The van der Waals surface area contributed by atoms with E-state index >= 15 is 0 Å². The summed E-state index contributed by atoms with van der Waals surface area (Å²) in [5.74, 6) is 0.767. The van der Waals surface area contributed by atoms with Crippen molar-refractivity contribution in [1.29, 1.82) is 0 Å². The van der Waals surface area contributed by atoms with Crippen LogP contribution in [0.5, 0.6) is 0 Å². The highest BCUT2D eigenvalue weighted by Crippen LogP contribution is 2.23. The summed E-state index contributed by atoms with van der Waals surface area (Å²) in [5.41, 5.74) is 8.13. The fourth-order valence-corrected chi connectivity index (χ4v) is 3.38. The lowest BCUT2D eigenvalue weighted by atomic mass is 9.95. The minimum absolute atomic E-state index is 0.767. The van der Waals surface area contributed by atoms with Crippen molar-refractivity contribution in [2.24, 2.45) is 18.7 Å². The van der Waals surface area contributed by atoms with E-state index in [2.05, 4.69) is 29.2 Å². The molecular formula is C16H24N4. The largest absolute Gasteiger partial charge is 0.330 e. The zero-order valence-corrected chi connectivity index (χ0v) is 12.3. The number of para-hydroxylation sites is 1. The van der Waals surface area contributed by atoms with Crippen LogP contribution in [0.1, 0.15) is 25.0 Å². The summed E-state index contributed by atoms with van der Waals surface area (Å²) in [6, 6.07) is 8.49. The molecule has 2 aromatic rings. The van der Waals surface area contributed by atoms with E-state index < -0.39 is 0 Å². The molecule has 0 radical (unpaired) electrons. The SMILES string of the molecule is Cn1nc(CN2CCCC(CCN)C2)c2ccccc21. The van der Waals surface area contributed by atoms with Gasteiger partial charge in [0.25, 0.3) is 0 Å². The van der Waals surface area contributed by atoms with Gasteiger partial charge in [-0.2, -0.15) is 5.10 Å². The molecule has 0 amide bonds. The molecule has 1 atom stereocenters. The summed E-state index contributed by atoms with van der Waals surface area (Å²) in [6.07, 6.45) is 3.77. The van der Waals surface area contributed by atoms with Crippen molar-refractivity contribution >= 4 is 10.9 Å². The first kappa shape index (κ1) is 13.6. The van der Waals surface area contributed by atoms with Crippen LogP contribution >= 0.6 is 0 Å². The number of aromatic nitrogens is 2. The average molecular weight is 272 g/mol. The number of piperidine rings is 1. The van der Waals surface area contributed by atoms with Gasteiger partial charge in [0.2, 0.25) is 0 Å². The molecule has 2 N–H and O–H groups in total. The summed E-state index contributed by atoms with van der Waals surface area (Å²) in [5, 5.41) is 5.99. The molecule has 0 saturated carbocycles. The molecule has 0 spiro atoms. The van der Waals surface area contributed by atoms with E-state index in [0.717, 1.165) is 25.4 Å². The standard InChI is InChI=1S/C16H24N4/c1-19-16-7-3-2-6-14(16)15(18-19)12-20-10-4-5-13(11-20)8-9-17/h2-3,6-7,13H,4-5,8-12,17H2,1H3. The van der Waals surface area contributed by atoms with E-state index in [4.69, 9.17) is 10.8 Å². The van der Waals surface area contributed by atoms with Gasteiger partial charge in [-0.15, -0.1) is 0 Å². The van der Waals surface area contributed by atoms with Crippen LogP contribution in [0, 0.1) is 5.92 Å². The molecule has 0 aliphatic carbocycles. The normalized spacial score (nSPS) is 20.6. The molecule has 1 aromatic carbocycles. The molecule has 1 unspecified atom stereocenters. The molecular weight excluding hydrogens is 248 g/mol. The molecule has 108 valence electrons. The molecule has 1 aliphatic rings. The van der Waals surface area contributed by atoms with Crippen molar-refractivity contribution in [3.8, 4) is 0 Å². The third-order valence-corrected chi connectivity index (χ3v) is 4.39. The fraction of sp³-hybridized carbons (Fsp3) is 0.562. The van der Waals surface area contributed by atoms with Gasteiger partial charge in [-0.25, -0.2) is 0 Å². The Morgan fingerprint density at radius 3 is 3.05 bits per heavy atom. The van der Waals surface area contributed by atoms with Crippen LogP contribution in [-0.4, -0.2) is 34.3 Å². The van der Waals surface area contributed by atoms with E-state index in [-0.39, 0.29) is 0 Å². The lowest BCUT2D eigenvalue weighted by molar-refractivity contribution is 0.161. The molecule has 1 saturated heterocycles. The van der Waals surface area contributed by atoms with Crippen molar-refractivity contribution in [3.05, 3.63) is 30.0 Å². The molecule has 3 rings (SSSR count). The van der Waals surface area contributed by atoms with E-state index in [0.29, 0.717) is 0 Å². The quantitative estimate of drug-likeness (QED) is 0.927. The molecule has 0 bridgehead atoms. The Labute approximate surface area is 120 Å². The third-order valence-electron chi connectivity index (χ3n) is 4.39. The van der Waals surface area contributed by atoms with E-state index in [1.807, 2.05) is 11.7 Å². The Balaban J connectivity index is 1.76. The van der Waals surface area contributed by atoms with Crippen molar-refractivity contribution in [3.63, 3.8) is 0 Å². The molecule has 4 heteroatoms. The highest BCUT2D eigenvalue weighted by Gasteiger charge is 2.21. The van der Waals surface area contributed by atoms with Gasteiger partial charge in [-0.1, -0.05) is 18.2 Å². The Hall–Kier alpha value is -1.39. The van der Waals surface area contributed by atoms with E-state index in [1.54, 1.807) is 0 Å². The highest BCUT2D eigenvalue weighted by molar-refractivity contribution is 5.81. The number of benzene rings is 1. The Kier molecular flexibility index (Phi) is 4.03. The van der Waals surface area contributed by atoms with Crippen molar-refractivity contribution < 1.29 is 0 Å². The Bertz CT molecular complexity index is 573. The first-order chi connectivity index (χ1) is 9.78. The maximum Gasteiger partial charge on any atom is 0.0843 e. The van der Waals surface area contributed by atoms with Gasteiger partial charge >= 0.3 is 0 Å². The van der Waals surface area contributed by atoms with Crippen molar-refractivity contribution in [2.75, 3.05) is 19.6 Å². The van der Waals surface area contributed by atoms with Crippen molar-refractivity contribution in [1.82, 2.24) is 14.7 Å². The van der Waals surface area contributed by atoms with Gasteiger partial charge in [0.15, 0.2) is 0 Å². The smallest absolute Gasteiger partial charge is 0.0843 e. The lowest BCUT2D eigenvalue weighted by Gasteiger charge is -2.32. The molecule has 1 fully saturated rings. The van der Waals surface area contributed by atoms with Crippen LogP contribution in [0.3, 0.4) is 0 Å². The minimum Gasteiger partial charge on any atom is -0.330 e. The number of rotatable bonds is 4. The highest BCUT2D eigenvalue weighted by atomic mass is 15.3. The van der Waals surface area contributed by atoms with Crippen LogP contribution in [0.2, 0.25) is 0 Å². The minimum atomic E-state index is 0.767. The predicted molar refractivity (Wildman–Crippen MR) is 82.4 cm³/mol. The summed E-state index contributed by atoms with van der Waals surface area (Å²) in [6.45, 7) is 4.13. The zero-order valence-electron chi connectivity index (χ0n) is 12.3. The monoisotopic (exact) mass is 272 g/mol. The van der Waals surface area contributed by atoms with Crippen LogP contribution in [0.15, 0.2) is 24.3 Å². The zero-order chi connectivity index (χ0) is 13.9. The maximum absolute atomic E-state index is 5.70. The second-order valence-electron chi connectivity index (χ2n) is 5.91. The Morgan fingerprint density at radius 2 is 2.20 bits per heavy atom. The summed E-state index contributed by atoms with van der Waals surface area (Å²) < 4.78 is 1.99. The fourth-order valence-electron chi connectivity index (χ4n) is 3.38. The number of fused-ring (bicyclic) bond motifs is 1. The van der Waals surface area contributed by atoms with Gasteiger partial charge in [0.05, 0.1) is 11.2 Å². The van der Waals surface area contributed by atoms with Gasteiger partial charge in [0, 0.05) is 25.5 Å². The van der Waals surface area contributed by atoms with Gasteiger partial charge in [0.1, 0.15) is 0 Å². The first-order valence-corrected chi connectivity index (χ1v) is 7.61. The maximum atomic E-state index is 5.70. The van der Waals surface area contributed by atoms with Gasteiger partial charge in [-0.05, 0) is 44.3 Å². The predicted octanol–water partition coefficient (Wildman–Crippen LogP) is 2.13. The second kappa shape index (κ2) is 5.94. The topological polar surface area (TPSA) is 47.1 Å². The number of aryl methyl sites for hydroxylation is 1. The van der Waals surface area contributed by atoms with Gasteiger partial charge < -0.3 is 5.73 Å². The van der Waals surface area contributed by atoms with Crippen LogP contribution in [0.4, 0.5) is 0 Å². The molecule has 20 heavy (non-hydrogen) atoms. The molecule has 4 nitrogen and oxygen atoms in total. The molecule has 1 aromatic heterocycles. The second-order valence-corrected chi connectivity index (χ2v) is 5.91. The first-order valence-electron chi connectivity index (χ1n) is 7.61. The summed E-state index contributed by atoms with van der Waals surface area (Å²) in [4.78, 5) is 2.54. The van der Waals surface area contributed by atoms with Crippen LogP contribution in [-0.2, 0) is 13.6 Å². The number of nitrogens with two attached hydrogens (primary N) is 1. The number of hydrogen-bond acceptors (Lipinski definition) is 3. The third kappa shape index (κ3) is 2.72. The number of hydrogen-bond donors (Lipinski definition) is 1. The lowest BCUT2D eigenvalue weighted by Crippen LogP contribution is -2.35. The molecule has 1 aliphatic heterocycles. The molecule has 2 heterocycles. The Morgan fingerprint density at radius 1 is 1.35 bits per heavy atom. The van der Waals surface area contributed by atoms with Crippen LogP contribution in [0.25, 0.3) is 10.9 Å².